The summed E-state index contributed by atoms with van der Waals surface area (Å²) in [7, 11) is 1.59. The van der Waals surface area contributed by atoms with Crippen LogP contribution in [0.4, 0.5) is 5.69 Å². The largest absolute Gasteiger partial charge is 0.481 e. The van der Waals surface area contributed by atoms with Crippen molar-refractivity contribution in [3.8, 4) is 0 Å². The zero-order chi connectivity index (χ0) is 23.9. The van der Waals surface area contributed by atoms with E-state index in [2.05, 4.69) is 19.2 Å². The van der Waals surface area contributed by atoms with Crippen LogP contribution in [0.15, 0.2) is 48.1 Å². The van der Waals surface area contributed by atoms with Crippen LogP contribution in [0.5, 0.6) is 0 Å². The lowest BCUT2D eigenvalue weighted by Gasteiger charge is -2.13. The molecule has 2 rings (SSSR count). The van der Waals surface area contributed by atoms with Crippen LogP contribution in [-0.4, -0.2) is 42.9 Å². The van der Waals surface area contributed by atoms with Gasteiger partial charge in [0, 0.05) is 23.9 Å². The number of aliphatic carboxylic acids is 1. The fourth-order valence-electron chi connectivity index (χ4n) is 3.33. The molecule has 0 spiro atoms. The number of carbonyl (C=O) groups is 2. The first-order valence-corrected chi connectivity index (χ1v) is 11.1. The van der Waals surface area contributed by atoms with E-state index in [0.717, 1.165) is 6.42 Å². The molecular weight excluding hydrogens is 406 g/mol. The van der Waals surface area contributed by atoms with Gasteiger partial charge in [-0.25, -0.2) is 0 Å². The maximum atomic E-state index is 12.6. The fraction of sp³-hybridized carbons (Fsp3) is 0.462. The van der Waals surface area contributed by atoms with Gasteiger partial charge in [0.1, 0.15) is 0 Å². The number of rotatable bonds is 9. The minimum Gasteiger partial charge on any atom is -0.481 e. The Bertz CT molecular complexity index is 818. The van der Waals surface area contributed by atoms with Crippen molar-refractivity contribution < 1.29 is 24.2 Å². The average Bonchev–Trinajstić information content (AvgIpc) is 3.12. The van der Waals surface area contributed by atoms with E-state index in [1.165, 1.54) is 12.8 Å². The number of nitrogens with one attached hydrogen (secondary N) is 1. The van der Waals surface area contributed by atoms with Crippen LogP contribution in [0.2, 0.25) is 0 Å². The number of anilines is 1. The highest BCUT2D eigenvalue weighted by Crippen LogP contribution is 2.23. The van der Waals surface area contributed by atoms with E-state index < -0.39 is 5.97 Å². The standard InChI is InChI=1S/C20H25NO4.C6H12O/c1-4-8-15(11-7-13-25-3)20(24)21-18-12-6-10-16(14-19(22)23)17(18)9-5-2;1-5-3-4-6(2)7-5/h5-12H,4,13-14H2,1-3H3,(H,21,24)(H,22,23);5-6H,3-4H2,1-2H3/b9-5+,11-7-,15-8+;. The Morgan fingerprint density at radius 2 is 1.94 bits per heavy atom. The van der Waals surface area contributed by atoms with Gasteiger partial charge in [0.05, 0.1) is 25.2 Å². The summed E-state index contributed by atoms with van der Waals surface area (Å²) >= 11 is 0. The molecule has 0 saturated carbocycles. The van der Waals surface area contributed by atoms with Crippen molar-refractivity contribution in [2.75, 3.05) is 19.0 Å². The Morgan fingerprint density at radius 3 is 2.44 bits per heavy atom. The predicted molar refractivity (Wildman–Crippen MR) is 130 cm³/mol. The van der Waals surface area contributed by atoms with Gasteiger partial charge in [0.2, 0.25) is 0 Å². The molecule has 2 N–H and O–H groups in total. The number of benzene rings is 1. The molecule has 6 nitrogen and oxygen atoms in total. The summed E-state index contributed by atoms with van der Waals surface area (Å²) in [5.41, 5.74) is 2.48. The van der Waals surface area contributed by atoms with E-state index in [4.69, 9.17) is 14.6 Å². The highest BCUT2D eigenvalue weighted by Gasteiger charge is 2.16. The molecule has 176 valence electrons. The van der Waals surface area contributed by atoms with Gasteiger partial charge >= 0.3 is 5.97 Å². The molecule has 32 heavy (non-hydrogen) atoms. The SMILES string of the molecule is C/C=C/c1c(CC(=O)O)cccc1NC(=O)C(/C=C\COC)=C/CC.CC1CCC(C)O1. The maximum Gasteiger partial charge on any atom is 0.307 e. The monoisotopic (exact) mass is 443 g/mol. The zero-order valence-electron chi connectivity index (χ0n) is 19.9. The molecule has 1 saturated heterocycles. The van der Waals surface area contributed by atoms with E-state index in [1.54, 1.807) is 43.5 Å². The second-order valence-corrected chi connectivity index (χ2v) is 7.66. The number of carboxylic acid groups (broad SMARTS) is 1. The molecule has 0 radical (unpaired) electrons. The molecule has 1 aliphatic heterocycles. The number of carboxylic acids is 1. The van der Waals surface area contributed by atoms with Crippen LogP contribution in [0, 0.1) is 0 Å². The summed E-state index contributed by atoms with van der Waals surface area (Å²) in [6, 6.07) is 5.26. The third-order valence-corrected chi connectivity index (χ3v) is 4.81. The highest BCUT2D eigenvalue weighted by atomic mass is 16.5. The number of methoxy groups -OCH3 is 1. The number of carbonyl (C=O) groups excluding carboxylic acids is 1. The fourth-order valence-corrected chi connectivity index (χ4v) is 3.33. The number of hydrogen-bond donors (Lipinski definition) is 2. The van der Waals surface area contributed by atoms with Crippen LogP contribution < -0.4 is 5.32 Å². The van der Waals surface area contributed by atoms with Gasteiger partial charge in [-0.15, -0.1) is 0 Å². The third kappa shape index (κ3) is 10.1. The van der Waals surface area contributed by atoms with Crippen molar-refractivity contribution in [3.63, 3.8) is 0 Å². The minimum absolute atomic E-state index is 0.102. The lowest BCUT2D eigenvalue weighted by molar-refractivity contribution is -0.136. The number of allylic oxidation sites excluding steroid dienone is 2. The third-order valence-electron chi connectivity index (χ3n) is 4.81. The van der Waals surface area contributed by atoms with Crippen LogP contribution >= 0.6 is 0 Å². The quantitative estimate of drug-likeness (QED) is 0.394. The molecular formula is C26H37NO5. The summed E-state index contributed by atoms with van der Waals surface area (Å²) in [6.07, 6.45) is 13.1. The van der Waals surface area contributed by atoms with Crippen molar-refractivity contribution in [2.45, 2.75) is 65.6 Å². The number of amides is 1. The lowest BCUT2D eigenvalue weighted by atomic mass is 10.0. The summed E-state index contributed by atoms with van der Waals surface area (Å²) in [5.74, 6) is -1.16. The molecule has 2 unspecified atom stereocenters. The molecule has 0 aliphatic carbocycles. The number of ether oxygens (including phenoxy) is 2. The first-order chi connectivity index (χ1) is 15.3. The first kappa shape index (κ1) is 27.3. The minimum atomic E-state index is -0.914. The molecule has 1 heterocycles. The zero-order valence-corrected chi connectivity index (χ0v) is 19.9. The first-order valence-electron chi connectivity index (χ1n) is 11.1. The van der Waals surface area contributed by atoms with E-state index in [1.807, 2.05) is 26.0 Å². The van der Waals surface area contributed by atoms with Crippen molar-refractivity contribution in [2.24, 2.45) is 0 Å². The summed E-state index contributed by atoms with van der Waals surface area (Å²) < 4.78 is 10.3. The van der Waals surface area contributed by atoms with Gasteiger partial charge in [-0.2, -0.15) is 0 Å². The lowest BCUT2D eigenvalue weighted by Crippen LogP contribution is -2.15. The van der Waals surface area contributed by atoms with E-state index >= 15 is 0 Å². The average molecular weight is 444 g/mol. The van der Waals surface area contributed by atoms with Crippen LogP contribution in [0.3, 0.4) is 0 Å². The van der Waals surface area contributed by atoms with Gasteiger partial charge in [-0.3, -0.25) is 9.59 Å². The van der Waals surface area contributed by atoms with Gasteiger partial charge in [-0.1, -0.05) is 49.4 Å². The Balaban J connectivity index is 0.000000616. The number of hydrogen-bond acceptors (Lipinski definition) is 4. The maximum absolute atomic E-state index is 12.6. The molecule has 2 atom stereocenters. The second kappa shape index (κ2) is 15.2. The normalized spacial score (nSPS) is 18.6. The summed E-state index contributed by atoms with van der Waals surface area (Å²) in [5, 5.41) is 11.9. The van der Waals surface area contributed by atoms with Crippen LogP contribution in [-0.2, 0) is 25.5 Å². The summed E-state index contributed by atoms with van der Waals surface area (Å²) in [6.45, 7) is 8.48. The molecule has 0 aromatic heterocycles. The molecule has 1 aromatic rings. The Morgan fingerprint density at radius 1 is 1.25 bits per heavy atom. The van der Waals surface area contributed by atoms with Crippen molar-refractivity contribution in [1.29, 1.82) is 0 Å². The van der Waals surface area contributed by atoms with Crippen molar-refractivity contribution >= 4 is 23.6 Å². The smallest absolute Gasteiger partial charge is 0.307 e. The summed E-state index contributed by atoms with van der Waals surface area (Å²) in [4.78, 5) is 23.6. The van der Waals surface area contributed by atoms with E-state index in [9.17, 15) is 9.59 Å². The highest BCUT2D eigenvalue weighted by molar-refractivity contribution is 6.06. The molecule has 6 heteroatoms. The topological polar surface area (TPSA) is 84.9 Å². The van der Waals surface area contributed by atoms with Gasteiger partial charge in [0.25, 0.3) is 5.91 Å². The van der Waals surface area contributed by atoms with Crippen molar-refractivity contribution in [3.05, 3.63) is 59.2 Å². The molecule has 1 fully saturated rings. The Hall–Kier alpha value is -2.70. The van der Waals surface area contributed by atoms with E-state index in [0.29, 0.717) is 41.2 Å². The van der Waals surface area contributed by atoms with Crippen LogP contribution in [0.25, 0.3) is 6.08 Å². The Kier molecular flexibility index (Phi) is 12.9. The molecule has 1 aliphatic rings. The van der Waals surface area contributed by atoms with Gasteiger partial charge in [-0.05, 0) is 51.7 Å². The van der Waals surface area contributed by atoms with E-state index in [-0.39, 0.29) is 12.3 Å². The Labute approximate surface area is 192 Å². The van der Waals surface area contributed by atoms with Crippen molar-refractivity contribution in [1.82, 2.24) is 0 Å². The molecule has 1 aromatic carbocycles. The molecule has 1 amide bonds. The van der Waals surface area contributed by atoms with Gasteiger partial charge in [0.15, 0.2) is 0 Å². The van der Waals surface area contributed by atoms with Gasteiger partial charge < -0.3 is 19.9 Å². The predicted octanol–water partition coefficient (Wildman–Crippen LogP) is 5.40. The molecule has 0 bridgehead atoms. The van der Waals surface area contributed by atoms with Crippen LogP contribution in [0.1, 0.15) is 58.1 Å². The second-order valence-electron chi connectivity index (χ2n) is 7.66.